The Morgan fingerprint density at radius 2 is 0.971 bits per heavy atom. The predicted molar refractivity (Wildman–Crippen MR) is 146 cm³/mol. The number of rotatable bonds is 3. The molecule has 1 N–H and O–H groups in total. The second-order valence-electron chi connectivity index (χ2n) is 8.70. The van der Waals surface area contributed by atoms with Gasteiger partial charge in [-0.1, -0.05) is 103 Å². The Labute approximate surface area is 197 Å². The Bertz CT molecular complexity index is 1830. The van der Waals surface area contributed by atoms with Crippen LogP contribution in [0.15, 0.2) is 127 Å². The SMILES string of the molecule is c1ccc2c(Nc3cccc4c5ccccc5n(-c5cccc6ccccc56)c34)cccc2c1. The summed E-state index contributed by atoms with van der Waals surface area (Å²) in [5, 5.41) is 11.2. The molecular formula is C32H22N2. The molecular weight excluding hydrogens is 412 g/mol. The molecule has 0 amide bonds. The van der Waals surface area contributed by atoms with Crippen LogP contribution in [0.3, 0.4) is 0 Å². The molecule has 6 aromatic carbocycles. The minimum Gasteiger partial charge on any atom is -0.353 e. The summed E-state index contributed by atoms with van der Waals surface area (Å²) < 4.78 is 2.42. The van der Waals surface area contributed by atoms with E-state index >= 15 is 0 Å². The molecule has 0 unspecified atom stereocenters. The minimum atomic E-state index is 1.10. The van der Waals surface area contributed by atoms with Crippen molar-refractivity contribution in [2.45, 2.75) is 0 Å². The van der Waals surface area contributed by atoms with Crippen molar-refractivity contribution in [3.05, 3.63) is 127 Å². The highest BCUT2D eigenvalue weighted by molar-refractivity contribution is 6.15. The van der Waals surface area contributed by atoms with E-state index in [1.807, 2.05) is 0 Å². The highest BCUT2D eigenvalue weighted by Gasteiger charge is 2.17. The van der Waals surface area contributed by atoms with Gasteiger partial charge >= 0.3 is 0 Å². The molecule has 0 atom stereocenters. The standard InChI is InChI=1S/C32H22N2/c1-3-14-24-22(10-1)12-7-18-28(24)33-29-19-9-17-27-26-16-5-6-20-31(26)34(32(27)29)30-21-8-13-23-11-2-4-15-25(23)30/h1-21,33H. The van der Waals surface area contributed by atoms with Crippen LogP contribution in [0.1, 0.15) is 0 Å². The zero-order chi connectivity index (χ0) is 22.5. The Balaban J connectivity index is 1.57. The maximum absolute atomic E-state index is 3.79. The van der Waals surface area contributed by atoms with Crippen molar-refractivity contribution in [2.75, 3.05) is 5.32 Å². The van der Waals surface area contributed by atoms with E-state index < -0.39 is 0 Å². The van der Waals surface area contributed by atoms with Crippen molar-refractivity contribution in [1.82, 2.24) is 4.57 Å². The third kappa shape index (κ3) is 2.82. The van der Waals surface area contributed by atoms with Gasteiger partial charge in [0.25, 0.3) is 0 Å². The van der Waals surface area contributed by atoms with Gasteiger partial charge in [-0.3, -0.25) is 0 Å². The normalized spacial score (nSPS) is 11.5. The highest BCUT2D eigenvalue weighted by Crippen LogP contribution is 2.39. The maximum atomic E-state index is 3.79. The molecule has 34 heavy (non-hydrogen) atoms. The van der Waals surface area contributed by atoms with Crippen molar-refractivity contribution >= 4 is 54.7 Å². The third-order valence-corrected chi connectivity index (χ3v) is 6.76. The Morgan fingerprint density at radius 3 is 1.82 bits per heavy atom. The van der Waals surface area contributed by atoms with Crippen LogP contribution in [0.2, 0.25) is 0 Å². The predicted octanol–water partition coefficient (Wildman–Crippen LogP) is 8.83. The maximum Gasteiger partial charge on any atom is 0.0776 e. The van der Waals surface area contributed by atoms with E-state index in [2.05, 4.69) is 137 Å². The molecule has 7 rings (SSSR count). The molecule has 0 bridgehead atoms. The quantitative estimate of drug-likeness (QED) is 0.294. The number of fused-ring (bicyclic) bond motifs is 5. The first-order valence-corrected chi connectivity index (χ1v) is 11.6. The zero-order valence-electron chi connectivity index (χ0n) is 18.6. The van der Waals surface area contributed by atoms with Crippen LogP contribution >= 0.6 is 0 Å². The largest absolute Gasteiger partial charge is 0.353 e. The van der Waals surface area contributed by atoms with Crippen molar-refractivity contribution in [1.29, 1.82) is 0 Å². The zero-order valence-corrected chi connectivity index (χ0v) is 18.6. The first kappa shape index (κ1) is 19.0. The summed E-state index contributed by atoms with van der Waals surface area (Å²) in [5.41, 5.74) is 5.80. The van der Waals surface area contributed by atoms with Crippen LogP contribution in [-0.2, 0) is 0 Å². The lowest BCUT2D eigenvalue weighted by atomic mass is 10.1. The molecule has 0 radical (unpaired) electrons. The summed E-state index contributed by atoms with van der Waals surface area (Å²) in [6.07, 6.45) is 0. The first-order valence-electron chi connectivity index (χ1n) is 11.6. The van der Waals surface area contributed by atoms with Crippen LogP contribution in [0.25, 0.3) is 49.0 Å². The van der Waals surface area contributed by atoms with Gasteiger partial charge in [-0.2, -0.15) is 0 Å². The van der Waals surface area contributed by atoms with Crippen LogP contribution < -0.4 is 5.32 Å². The van der Waals surface area contributed by atoms with Crippen molar-refractivity contribution in [3.8, 4) is 5.69 Å². The summed E-state index contributed by atoms with van der Waals surface area (Å²) in [5.74, 6) is 0. The lowest BCUT2D eigenvalue weighted by molar-refractivity contribution is 1.20. The lowest BCUT2D eigenvalue weighted by Crippen LogP contribution is -1.99. The summed E-state index contributed by atoms with van der Waals surface area (Å²) in [6, 6.07) is 45.4. The molecule has 1 heterocycles. The smallest absolute Gasteiger partial charge is 0.0776 e. The summed E-state index contributed by atoms with van der Waals surface area (Å²) in [7, 11) is 0. The van der Waals surface area contributed by atoms with Gasteiger partial charge in [-0.05, 0) is 35.0 Å². The molecule has 0 spiro atoms. The second-order valence-corrected chi connectivity index (χ2v) is 8.70. The van der Waals surface area contributed by atoms with Crippen LogP contribution in [-0.4, -0.2) is 4.57 Å². The lowest BCUT2D eigenvalue weighted by Gasteiger charge is -2.16. The molecule has 7 aromatic rings. The van der Waals surface area contributed by atoms with Gasteiger partial charge in [-0.15, -0.1) is 0 Å². The fraction of sp³-hybridized carbons (Fsp3) is 0. The summed E-state index contributed by atoms with van der Waals surface area (Å²) >= 11 is 0. The molecule has 160 valence electrons. The molecule has 0 aliphatic heterocycles. The Kier molecular flexibility index (Phi) is 4.18. The van der Waals surface area contributed by atoms with E-state index in [4.69, 9.17) is 0 Å². The van der Waals surface area contributed by atoms with Crippen LogP contribution in [0.4, 0.5) is 11.4 Å². The van der Waals surface area contributed by atoms with Gasteiger partial charge < -0.3 is 9.88 Å². The van der Waals surface area contributed by atoms with Gasteiger partial charge in [0, 0.05) is 27.2 Å². The molecule has 2 nitrogen and oxygen atoms in total. The van der Waals surface area contributed by atoms with E-state index in [1.54, 1.807) is 0 Å². The number of para-hydroxylation sites is 2. The highest BCUT2D eigenvalue weighted by atomic mass is 15.0. The van der Waals surface area contributed by atoms with E-state index in [1.165, 1.54) is 49.0 Å². The Hall–Kier alpha value is -4.56. The second kappa shape index (κ2) is 7.50. The van der Waals surface area contributed by atoms with Crippen molar-refractivity contribution in [2.24, 2.45) is 0 Å². The topological polar surface area (TPSA) is 17.0 Å². The third-order valence-electron chi connectivity index (χ3n) is 6.76. The van der Waals surface area contributed by atoms with Gasteiger partial charge in [0.05, 0.1) is 22.4 Å². The number of anilines is 2. The first-order chi connectivity index (χ1) is 16.9. The fourth-order valence-electron chi connectivity index (χ4n) is 5.25. The number of hydrogen-bond acceptors (Lipinski definition) is 1. The molecule has 0 saturated heterocycles. The summed E-state index contributed by atoms with van der Waals surface area (Å²) in [4.78, 5) is 0. The van der Waals surface area contributed by atoms with Crippen LogP contribution in [0, 0.1) is 0 Å². The van der Waals surface area contributed by atoms with E-state index in [0.29, 0.717) is 0 Å². The number of hydrogen-bond donors (Lipinski definition) is 1. The monoisotopic (exact) mass is 434 g/mol. The van der Waals surface area contributed by atoms with Gasteiger partial charge in [-0.25, -0.2) is 0 Å². The number of aromatic nitrogens is 1. The van der Waals surface area contributed by atoms with Gasteiger partial charge in [0.2, 0.25) is 0 Å². The van der Waals surface area contributed by atoms with Crippen LogP contribution in [0.5, 0.6) is 0 Å². The number of nitrogens with one attached hydrogen (secondary N) is 1. The summed E-state index contributed by atoms with van der Waals surface area (Å²) in [6.45, 7) is 0. The molecule has 0 fully saturated rings. The average molecular weight is 435 g/mol. The van der Waals surface area contributed by atoms with Crippen molar-refractivity contribution in [3.63, 3.8) is 0 Å². The fourth-order valence-corrected chi connectivity index (χ4v) is 5.25. The van der Waals surface area contributed by atoms with Crippen molar-refractivity contribution < 1.29 is 0 Å². The average Bonchev–Trinajstić information content (AvgIpc) is 3.24. The minimum absolute atomic E-state index is 1.10. The molecule has 0 aliphatic carbocycles. The number of nitrogens with zero attached hydrogens (tertiary/aromatic N) is 1. The molecule has 1 aromatic heterocycles. The molecule has 0 saturated carbocycles. The van der Waals surface area contributed by atoms with Gasteiger partial charge in [0.15, 0.2) is 0 Å². The van der Waals surface area contributed by atoms with E-state index in [0.717, 1.165) is 11.4 Å². The van der Waals surface area contributed by atoms with Gasteiger partial charge in [0.1, 0.15) is 0 Å². The van der Waals surface area contributed by atoms with E-state index in [9.17, 15) is 0 Å². The number of benzene rings is 6. The Morgan fingerprint density at radius 1 is 0.412 bits per heavy atom. The van der Waals surface area contributed by atoms with E-state index in [-0.39, 0.29) is 0 Å². The molecule has 0 aliphatic rings. The molecule has 2 heteroatoms.